The molecule has 1 amide bonds. The predicted molar refractivity (Wildman–Crippen MR) is 103 cm³/mol. The third-order valence-corrected chi connectivity index (χ3v) is 4.74. The highest BCUT2D eigenvalue weighted by Crippen LogP contribution is 2.26. The second kappa shape index (κ2) is 9.29. The van der Waals surface area contributed by atoms with Gasteiger partial charge in [0.2, 0.25) is 5.95 Å². The molecular weight excluding hydrogens is 326 g/mol. The van der Waals surface area contributed by atoms with Gasteiger partial charge in [0.15, 0.2) is 0 Å². The van der Waals surface area contributed by atoms with Crippen molar-refractivity contribution in [2.75, 3.05) is 38.0 Å². The summed E-state index contributed by atoms with van der Waals surface area (Å²) >= 11 is 0. The van der Waals surface area contributed by atoms with E-state index in [1.807, 2.05) is 6.92 Å². The number of hydrogen-bond acceptors (Lipinski definition) is 5. The van der Waals surface area contributed by atoms with Gasteiger partial charge in [-0.25, -0.2) is 9.97 Å². The molecule has 0 aliphatic carbocycles. The van der Waals surface area contributed by atoms with E-state index in [1.54, 1.807) is 12.4 Å². The molecule has 1 aromatic carbocycles. The van der Waals surface area contributed by atoms with Crippen LogP contribution in [0.1, 0.15) is 41.6 Å². The first-order chi connectivity index (χ1) is 12.8. The van der Waals surface area contributed by atoms with Crippen LogP contribution in [0.2, 0.25) is 0 Å². The molecule has 138 valence electrons. The van der Waals surface area contributed by atoms with Crippen molar-refractivity contribution >= 4 is 11.9 Å². The average Bonchev–Trinajstić information content (AvgIpc) is 2.70. The number of nitrogens with zero attached hydrogens (tertiary/aromatic N) is 3. The van der Waals surface area contributed by atoms with E-state index in [0.717, 1.165) is 26.2 Å². The highest BCUT2D eigenvalue weighted by Gasteiger charge is 2.20. The van der Waals surface area contributed by atoms with E-state index in [4.69, 9.17) is 0 Å². The van der Waals surface area contributed by atoms with Crippen molar-refractivity contribution < 1.29 is 4.79 Å². The van der Waals surface area contributed by atoms with Gasteiger partial charge >= 0.3 is 0 Å². The molecule has 0 unspecified atom stereocenters. The average molecular weight is 353 g/mol. The van der Waals surface area contributed by atoms with Crippen LogP contribution in [0.5, 0.6) is 0 Å². The summed E-state index contributed by atoms with van der Waals surface area (Å²) in [5.74, 6) is 1.02. The maximum Gasteiger partial charge on any atom is 0.254 e. The molecule has 6 nitrogen and oxygen atoms in total. The van der Waals surface area contributed by atoms with Crippen molar-refractivity contribution in [3.63, 3.8) is 0 Å². The van der Waals surface area contributed by atoms with Gasteiger partial charge in [-0.2, -0.15) is 0 Å². The molecule has 0 bridgehead atoms. The molecule has 2 aromatic rings. The van der Waals surface area contributed by atoms with Gasteiger partial charge in [0.25, 0.3) is 5.91 Å². The second-order valence-electron chi connectivity index (χ2n) is 6.63. The summed E-state index contributed by atoms with van der Waals surface area (Å²) in [4.78, 5) is 22.9. The fourth-order valence-corrected chi connectivity index (χ4v) is 3.38. The predicted octanol–water partition coefficient (Wildman–Crippen LogP) is 2.52. The monoisotopic (exact) mass is 353 g/mol. The summed E-state index contributed by atoms with van der Waals surface area (Å²) in [6, 6.07) is 10.7. The zero-order valence-electron chi connectivity index (χ0n) is 15.3. The maximum atomic E-state index is 12.2. The standard InChI is InChI=1S/C20H27N5O/c1-2-21-20-23-13-18(14-24-20)19(26)22-10-12-25-11-6-9-17(15-25)16-7-4-3-5-8-16/h3-5,7-8,13-14,17H,2,6,9-12,15H2,1H3,(H,22,26)(H,21,23,24)/t17-/m0/s1. The highest BCUT2D eigenvalue weighted by atomic mass is 16.1. The zero-order chi connectivity index (χ0) is 18.2. The lowest BCUT2D eigenvalue weighted by Crippen LogP contribution is -2.40. The number of amides is 1. The van der Waals surface area contributed by atoms with Gasteiger partial charge in [0, 0.05) is 38.6 Å². The van der Waals surface area contributed by atoms with Crippen molar-refractivity contribution in [2.24, 2.45) is 0 Å². The molecule has 1 aromatic heterocycles. The molecule has 1 fully saturated rings. The number of carbonyl (C=O) groups is 1. The Kier molecular flexibility index (Phi) is 6.55. The smallest absolute Gasteiger partial charge is 0.254 e. The molecule has 26 heavy (non-hydrogen) atoms. The van der Waals surface area contributed by atoms with Crippen LogP contribution in [-0.4, -0.2) is 53.5 Å². The van der Waals surface area contributed by atoms with Crippen LogP contribution in [-0.2, 0) is 0 Å². The number of rotatable bonds is 7. The molecule has 3 rings (SSSR count). The van der Waals surface area contributed by atoms with E-state index in [2.05, 4.69) is 55.8 Å². The number of carbonyl (C=O) groups excluding carboxylic acids is 1. The Bertz CT molecular complexity index is 689. The summed E-state index contributed by atoms with van der Waals surface area (Å²) in [5.41, 5.74) is 1.91. The number of nitrogens with one attached hydrogen (secondary N) is 2. The Morgan fingerprint density at radius 3 is 2.73 bits per heavy atom. The Labute approximate surface area is 155 Å². The first-order valence-electron chi connectivity index (χ1n) is 9.37. The molecule has 1 aliphatic heterocycles. The van der Waals surface area contributed by atoms with E-state index in [-0.39, 0.29) is 5.91 Å². The fraction of sp³-hybridized carbons (Fsp3) is 0.450. The van der Waals surface area contributed by atoms with Crippen LogP contribution in [0, 0.1) is 0 Å². The van der Waals surface area contributed by atoms with Gasteiger partial charge < -0.3 is 15.5 Å². The summed E-state index contributed by atoms with van der Waals surface area (Å²) in [6.07, 6.45) is 5.56. The fourth-order valence-electron chi connectivity index (χ4n) is 3.38. The molecular formula is C20H27N5O. The molecule has 2 heterocycles. The van der Waals surface area contributed by atoms with E-state index in [0.29, 0.717) is 24.0 Å². The topological polar surface area (TPSA) is 70.2 Å². The van der Waals surface area contributed by atoms with E-state index in [9.17, 15) is 4.79 Å². The maximum absolute atomic E-state index is 12.2. The Balaban J connectivity index is 1.44. The van der Waals surface area contributed by atoms with Crippen molar-refractivity contribution in [3.05, 3.63) is 53.9 Å². The van der Waals surface area contributed by atoms with Gasteiger partial charge in [-0.1, -0.05) is 30.3 Å². The third kappa shape index (κ3) is 5.02. The largest absolute Gasteiger partial charge is 0.355 e. The van der Waals surface area contributed by atoms with Gasteiger partial charge in [0.05, 0.1) is 5.56 Å². The number of benzene rings is 1. The van der Waals surface area contributed by atoms with Gasteiger partial charge in [-0.05, 0) is 37.8 Å². The summed E-state index contributed by atoms with van der Waals surface area (Å²) < 4.78 is 0. The van der Waals surface area contributed by atoms with Crippen LogP contribution in [0.25, 0.3) is 0 Å². The third-order valence-electron chi connectivity index (χ3n) is 4.74. The lowest BCUT2D eigenvalue weighted by molar-refractivity contribution is 0.0945. The van der Waals surface area contributed by atoms with Crippen LogP contribution >= 0.6 is 0 Å². The molecule has 0 saturated carbocycles. The quantitative estimate of drug-likeness (QED) is 0.800. The second-order valence-corrected chi connectivity index (χ2v) is 6.63. The van der Waals surface area contributed by atoms with Gasteiger partial charge in [-0.3, -0.25) is 4.79 Å². The van der Waals surface area contributed by atoms with Crippen LogP contribution in [0.4, 0.5) is 5.95 Å². The van der Waals surface area contributed by atoms with Crippen LogP contribution in [0.15, 0.2) is 42.7 Å². The van der Waals surface area contributed by atoms with Crippen LogP contribution in [0.3, 0.4) is 0 Å². The summed E-state index contributed by atoms with van der Waals surface area (Å²) in [7, 11) is 0. The Hall–Kier alpha value is -2.47. The highest BCUT2D eigenvalue weighted by molar-refractivity contribution is 5.93. The number of anilines is 1. The molecule has 1 atom stereocenters. The van der Waals surface area contributed by atoms with Gasteiger partial charge in [-0.15, -0.1) is 0 Å². The Morgan fingerprint density at radius 1 is 1.23 bits per heavy atom. The van der Waals surface area contributed by atoms with E-state index >= 15 is 0 Å². The minimum atomic E-state index is -0.121. The lowest BCUT2D eigenvalue weighted by Gasteiger charge is -2.33. The van der Waals surface area contributed by atoms with Crippen LogP contribution < -0.4 is 10.6 Å². The number of piperidine rings is 1. The zero-order valence-corrected chi connectivity index (χ0v) is 15.3. The lowest BCUT2D eigenvalue weighted by atomic mass is 9.91. The summed E-state index contributed by atoms with van der Waals surface area (Å²) in [6.45, 7) is 6.39. The SMILES string of the molecule is CCNc1ncc(C(=O)NCCN2CCC[C@H](c3ccccc3)C2)cn1. The summed E-state index contributed by atoms with van der Waals surface area (Å²) in [5, 5.41) is 5.99. The minimum absolute atomic E-state index is 0.121. The van der Waals surface area contributed by atoms with Crippen molar-refractivity contribution in [1.82, 2.24) is 20.2 Å². The van der Waals surface area contributed by atoms with Crippen molar-refractivity contribution in [1.29, 1.82) is 0 Å². The number of aromatic nitrogens is 2. The molecule has 0 spiro atoms. The number of hydrogen-bond donors (Lipinski definition) is 2. The first-order valence-corrected chi connectivity index (χ1v) is 9.37. The van der Waals surface area contributed by atoms with E-state index < -0.39 is 0 Å². The van der Waals surface area contributed by atoms with Gasteiger partial charge in [0.1, 0.15) is 0 Å². The molecule has 6 heteroatoms. The van der Waals surface area contributed by atoms with Crippen molar-refractivity contribution in [3.8, 4) is 0 Å². The van der Waals surface area contributed by atoms with E-state index in [1.165, 1.54) is 18.4 Å². The normalized spacial score (nSPS) is 17.7. The molecule has 1 aliphatic rings. The molecule has 1 saturated heterocycles. The number of likely N-dealkylation sites (tertiary alicyclic amines) is 1. The first kappa shape index (κ1) is 18.3. The van der Waals surface area contributed by atoms with Crippen molar-refractivity contribution in [2.45, 2.75) is 25.7 Å². The Morgan fingerprint density at radius 2 is 2.00 bits per heavy atom. The molecule has 0 radical (unpaired) electrons. The molecule has 2 N–H and O–H groups in total. The minimum Gasteiger partial charge on any atom is -0.355 e.